The molecule has 0 aromatic heterocycles. The number of ether oxygens (including phenoxy) is 4. The lowest BCUT2D eigenvalue weighted by Gasteiger charge is -2.19. The SMILES string of the molecule is C=CC(=O)OC(C)COCC(COCC(C)O)OC(=O)C=C. The van der Waals surface area contributed by atoms with Crippen LogP contribution in [0.3, 0.4) is 0 Å². The van der Waals surface area contributed by atoms with Crippen molar-refractivity contribution in [1.29, 1.82) is 0 Å². The quantitative estimate of drug-likeness (QED) is 0.417. The molecule has 3 atom stereocenters. The van der Waals surface area contributed by atoms with Gasteiger partial charge in [0.25, 0.3) is 0 Å². The maximum Gasteiger partial charge on any atom is 0.330 e. The van der Waals surface area contributed by atoms with Crippen LogP contribution in [0.2, 0.25) is 0 Å². The smallest absolute Gasteiger partial charge is 0.330 e. The van der Waals surface area contributed by atoms with Crippen LogP contribution >= 0.6 is 0 Å². The van der Waals surface area contributed by atoms with E-state index in [0.717, 1.165) is 12.2 Å². The van der Waals surface area contributed by atoms with Crippen molar-refractivity contribution < 1.29 is 33.6 Å². The van der Waals surface area contributed by atoms with Crippen LogP contribution in [0.5, 0.6) is 0 Å². The van der Waals surface area contributed by atoms with Crippen molar-refractivity contribution in [3.05, 3.63) is 25.3 Å². The van der Waals surface area contributed by atoms with Crippen molar-refractivity contribution in [2.45, 2.75) is 32.2 Å². The molecule has 7 nitrogen and oxygen atoms in total. The monoisotopic (exact) mass is 316 g/mol. The highest BCUT2D eigenvalue weighted by atomic mass is 16.6. The zero-order valence-electron chi connectivity index (χ0n) is 13.0. The summed E-state index contributed by atoms with van der Waals surface area (Å²) in [6, 6.07) is 0. The van der Waals surface area contributed by atoms with E-state index in [2.05, 4.69) is 13.2 Å². The molecular formula is C15H24O7. The second kappa shape index (κ2) is 11.9. The highest BCUT2D eigenvalue weighted by molar-refractivity contribution is 5.81. The zero-order chi connectivity index (χ0) is 17.0. The lowest BCUT2D eigenvalue weighted by Crippen LogP contribution is -2.31. The van der Waals surface area contributed by atoms with Gasteiger partial charge in [-0.05, 0) is 13.8 Å². The first-order valence-electron chi connectivity index (χ1n) is 6.88. The number of carbonyl (C=O) groups excluding carboxylic acids is 2. The molecule has 0 aromatic rings. The van der Waals surface area contributed by atoms with Crippen LogP contribution in [-0.2, 0) is 28.5 Å². The van der Waals surface area contributed by atoms with Gasteiger partial charge in [-0.2, -0.15) is 0 Å². The molecule has 126 valence electrons. The van der Waals surface area contributed by atoms with Gasteiger partial charge in [0.1, 0.15) is 12.2 Å². The Labute approximate surface area is 130 Å². The Balaban J connectivity index is 4.15. The maximum absolute atomic E-state index is 11.2. The van der Waals surface area contributed by atoms with Crippen molar-refractivity contribution in [3.8, 4) is 0 Å². The number of rotatable bonds is 12. The van der Waals surface area contributed by atoms with Crippen molar-refractivity contribution in [1.82, 2.24) is 0 Å². The minimum Gasteiger partial charge on any atom is -0.457 e. The second-order valence-corrected chi connectivity index (χ2v) is 4.64. The van der Waals surface area contributed by atoms with Crippen LogP contribution in [0.1, 0.15) is 13.8 Å². The average molecular weight is 316 g/mol. The molecule has 0 fully saturated rings. The molecule has 0 amide bonds. The Hall–Kier alpha value is -1.70. The zero-order valence-corrected chi connectivity index (χ0v) is 13.0. The molecule has 7 heteroatoms. The van der Waals surface area contributed by atoms with E-state index in [0.29, 0.717) is 0 Å². The number of aliphatic hydroxyl groups excluding tert-OH is 1. The van der Waals surface area contributed by atoms with Gasteiger partial charge in [-0.15, -0.1) is 0 Å². The molecule has 0 saturated heterocycles. The molecule has 0 aliphatic rings. The van der Waals surface area contributed by atoms with E-state index in [1.807, 2.05) is 0 Å². The molecule has 0 rings (SSSR count). The molecular weight excluding hydrogens is 292 g/mol. The van der Waals surface area contributed by atoms with Gasteiger partial charge in [-0.25, -0.2) is 9.59 Å². The van der Waals surface area contributed by atoms with E-state index >= 15 is 0 Å². The van der Waals surface area contributed by atoms with Gasteiger partial charge in [-0.1, -0.05) is 13.2 Å². The fraction of sp³-hybridized carbons (Fsp3) is 0.600. The van der Waals surface area contributed by atoms with Crippen LogP contribution in [0.15, 0.2) is 25.3 Å². The number of esters is 2. The summed E-state index contributed by atoms with van der Waals surface area (Å²) in [5.41, 5.74) is 0. The topological polar surface area (TPSA) is 91.3 Å². The highest BCUT2D eigenvalue weighted by Gasteiger charge is 2.15. The molecule has 0 saturated carbocycles. The van der Waals surface area contributed by atoms with Crippen LogP contribution in [0.25, 0.3) is 0 Å². The molecule has 1 N–H and O–H groups in total. The first-order chi connectivity index (χ1) is 10.4. The van der Waals surface area contributed by atoms with E-state index in [-0.39, 0.29) is 26.4 Å². The summed E-state index contributed by atoms with van der Waals surface area (Å²) in [4.78, 5) is 22.2. The second-order valence-electron chi connectivity index (χ2n) is 4.64. The van der Waals surface area contributed by atoms with Gasteiger partial charge >= 0.3 is 11.9 Å². The summed E-state index contributed by atoms with van der Waals surface area (Å²) in [5, 5.41) is 9.11. The van der Waals surface area contributed by atoms with Crippen LogP contribution in [0.4, 0.5) is 0 Å². The van der Waals surface area contributed by atoms with Gasteiger partial charge in [0.15, 0.2) is 0 Å². The van der Waals surface area contributed by atoms with Crippen molar-refractivity contribution in [3.63, 3.8) is 0 Å². The summed E-state index contributed by atoms with van der Waals surface area (Å²) in [6.45, 7) is 10.2. The number of aliphatic hydroxyl groups is 1. The molecule has 0 aliphatic carbocycles. The lowest BCUT2D eigenvalue weighted by molar-refractivity contribution is -0.153. The van der Waals surface area contributed by atoms with E-state index < -0.39 is 30.3 Å². The maximum atomic E-state index is 11.2. The molecule has 0 bridgehead atoms. The van der Waals surface area contributed by atoms with Crippen molar-refractivity contribution >= 4 is 11.9 Å². The van der Waals surface area contributed by atoms with Gasteiger partial charge < -0.3 is 24.1 Å². The Morgan fingerprint density at radius 2 is 1.45 bits per heavy atom. The standard InChI is InChI=1S/C15H24O7/c1-5-14(17)21-12(4)8-20-10-13(22-15(18)6-2)9-19-7-11(3)16/h5-6,11-13,16H,1-2,7-10H2,3-4H3. The van der Waals surface area contributed by atoms with Crippen LogP contribution in [0, 0.1) is 0 Å². The van der Waals surface area contributed by atoms with E-state index in [4.69, 9.17) is 24.1 Å². The third kappa shape index (κ3) is 11.0. The minimum atomic E-state index is -0.647. The molecule has 0 spiro atoms. The van der Waals surface area contributed by atoms with Crippen molar-refractivity contribution in [2.24, 2.45) is 0 Å². The predicted octanol–water partition coefficient (Wildman–Crippen LogP) is 0.616. The summed E-state index contributed by atoms with van der Waals surface area (Å²) < 4.78 is 20.5. The predicted molar refractivity (Wildman–Crippen MR) is 79.1 cm³/mol. The lowest BCUT2D eigenvalue weighted by atomic mass is 10.3. The summed E-state index contributed by atoms with van der Waals surface area (Å²) >= 11 is 0. The molecule has 0 heterocycles. The fourth-order valence-corrected chi connectivity index (χ4v) is 1.34. The fourth-order valence-electron chi connectivity index (χ4n) is 1.34. The van der Waals surface area contributed by atoms with Crippen molar-refractivity contribution in [2.75, 3.05) is 26.4 Å². The largest absolute Gasteiger partial charge is 0.457 e. The van der Waals surface area contributed by atoms with Crippen LogP contribution < -0.4 is 0 Å². The van der Waals surface area contributed by atoms with E-state index in [1.165, 1.54) is 0 Å². The van der Waals surface area contributed by atoms with Crippen LogP contribution in [-0.4, -0.2) is 61.8 Å². The summed E-state index contributed by atoms with van der Waals surface area (Å²) in [6.07, 6.45) is 0.381. The Bertz CT molecular complexity index is 365. The first kappa shape index (κ1) is 20.3. The Morgan fingerprint density at radius 1 is 0.955 bits per heavy atom. The minimum absolute atomic E-state index is 0.0649. The third-order valence-electron chi connectivity index (χ3n) is 2.25. The first-order valence-corrected chi connectivity index (χ1v) is 6.88. The van der Waals surface area contributed by atoms with E-state index in [9.17, 15) is 9.59 Å². The molecule has 22 heavy (non-hydrogen) atoms. The van der Waals surface area contributed by atoms with Gasteiger partial charge in [0.2, 0.25) is 0 Å². The Kier molecular flexibility index (Phi) is 11.0. The Morgan fingerprint density at radius 3 is 1.95 bits per heavy atom. The van der Waals surface area contributed by atoms with E-state index in [1.54, 1.807) is 13.8 Å². The normalized spacial score (nSPS) is 14.5. The number of hydrogen-bond donors (Lipinski definition) is 1. The average Bonchev–Trinajstić information content (AvgIpc) is 2.46. The van der Waals surface area contributed by atoms with Gasteiger partial charge in [0, 0.05) is 12.2 Å². The molecule has 0 aliphatic heterocycles. The summed E-state index contributed by atoms with van der Waals surface area (Å²) in [5.74, 6) is -1.13. The molecule has 3 unspecified atom stereocenters. The third-order valence-corrected chi connectivity index (χ3v) is 2.25. The molecule has 0 aromatic carbocycles. The van der Waals surface area contributed by atoms with Gasteiger partial charge in [-0.3, -0.25) is 0 Å². The number of hydrogen-bond acceptors (Lipinski definition) is 7. The molecule has 0 radical (unpaired) electrons. The summed E-state index contributed by atoms with van der Waals surface area (Å²) in [7, 11) is 0. The number of carbonyl (C=O) groups is 2. The van der Waals surface area contributed by atoms with Gasteiger partial charge in [0.05, 0.1) is 32.5 Å². The highest BCUT2D eigenvalue weighted by Crippen LogP contribution is 2.00.